The number of rotatable bonds is 3. The highest BCUT2D eigenvalue weighted by atomic mass is 19.1. The maximum Gasteiger partial charge on any atom is 0.123 e. The van der Waals surface area contributed by atoms with Gasteiger partial charge in [0.25, 0.3) is 0 Å². The molecular weight excluding hydrogens is 255 g/mol. The molecule has 0 bridgehead atoms. The first-order chi connectivity index (χ1) is 9.63. The molecule has 2 fully saturated rings. The smallest absolute Gasteiger partial charge is 0.123 e. The van der Waals surface area contributed by atoms with E-state index in [1.165, 1.54) is 31.5 Å². The van der Waals surface area contributed by atoms with Crippen LogP contribution in [-0.2, 0) is 6.54 Å². The number of halogens is 1. The largest absolute Gasteiger partial charge is 0.384 e. The number of nitrogens with two attached hydrogens (primary N) is 1. The van der Waals surface area contributed by atoms with Crippen molar-refractivity contribution < 1.29 is 4.39 Å². The molecule has 1 aromatic rings. The summed E-state index contributed by atoms with van der Waals surface area (Å²) in [6.07, 6.45) is 2.58. The number of fused-ring (bicyclic) bond motifs is 1. The second-order valence-electron chi connectivity index (χ2n) is 5.78. The zero-order chi connectivity index (χ0) is 14.1. The molecule has 2 aliphatic heterocycles. The zero-order valence-corrected chi connectivity index (χ0v) is 11.6. The van der Waals surface area contributed by atoms with Crippen molar-refractivity contribution in [1.29, 1.82) is 5.41 Å². The molecule has 3 N–H and O–H groups in total. The minimum absolute atomic E-state index is 0.0565. The number of amidine groups is 1. The predicted octanol–water partition coefficient (Wildman–Crippen LogP) is 1.39. The van der Waals surface area contributed by atoms with E-state index >= 15 is 0 Å². The third-order valence-corrected chi connectivity index (χ3v) is 4.43. The number of nitrogens with one attached hydrogen (secondary N) is 1. The normalized spacial score (nSPS) is 23.8. The van der Waals surface area contributed by atoms with Crippen LogP contribution in [0.25, 0.3) is 0 Å². The Kier molecular flexibility index (Phi) is 3.72. The fourth-order valence-corrected chi connectivity index (χ4v) is 3.38. The van der Waals surface area contributed by atoms with Crippen molar-refractivity contribution in [3.63, 3.8) is 0 Å². The summed E-state index contributed by atoms with van der Waals surface area (Å²) in [4.78, 5) is 4.96. The van der Waals surface area contributed by atoms with Crippen molar-refractivity contribution in [2.45, 2.75) is 25.4 Å². The Bertz CT molecular complexity index is 517. The fraction of sp³-hybridized carbons (Fsp3) is 0.533. The molecule has 5 heteroatoms. The lowest BCUT2D eigenvalue weighted by molar-refractivity contribution is 0.0993. The number of hydrogen-bond donors (Lipinski definition) is 2. The number of nitrogens with zero attached hydrogens (tertiary/aromatic N) is 2. The molecule has 0 radical (unpaired) electrons. The second-order valence-corrected chi connectivity index (χ2v) is 5.78. The SMILES string of the molecule is N=C(N)c1cc(F)ccc1CN1CCN2CCCC2C1. The maximum absolute atomic E-state index is 13.3. The molecule has 108 valence electrons. The molecule has 1 aromatic carbocycles. The molecule has 2 heterocycles. The van der Waals surface area contributed by atoms with Crippen LogP contribution >= 0.6 is 0 Å². The Balaban J connectivity index is 1.73. The highest BCUT2D eigenvalue weighted by Gasteiger charge is 2.30. The molecule has 1 atom stereocenters. The monoisotopic (exact) mass is 276 g/mol. The van der Waals surface area contributed by atoms with Gasteiger partial charge in [-0.3, -0.25) is 15.2 Å². The Morgan fingerprint density at radius 2 is 2.20 bits per heavy atom. The van der Waals surface area contributed by atoms with Crippen molar-refractivity contribution in [1.82, 2.24) is 9.80 Å². The van der Waals surface area contributed by atoms with Crippen LogP contribution < -0.4 is 5.73 Å². The first kappa shape index (κ1) is 13.5. The minimum atomic E-state index is -0.334. The van der Waals surface area contributed by atoms with Crippen LogP contribution in [0.4, 0.5) is 4.39 Å². The number of piperazine rings is 1. The van der Waals surface area contributed by atoms with Crippen LogP contribution in [0.1, 0.15) is 24.0 Å². The molecule has 0 saturated carbocycles. The molecule has 0 aliphatic carbocycles. The van der Waals surface area contributed by atoms with Gasteiger partial charge >= 0.3 is 0 Å². The topological polar surface area (TPSA) is 56.4 Å². The van der Waals surface area contributed by atoms with Crippen LogP contribution in [-0.4, -0.2) is 47.9 Å². The first-order valence-electron chi connectivity index (χ1n) is 7.23. The third kappa shape index (κ3) is 2.69. The maximum atomic E-state index is 13.3. The van der Waals surface area contributed by atoms with Crippen molar-refractivity contribution in [2.24, 2.45) is 5.73 Å². The predicted molar refractivity (Wildman–Crippen MR) is 77.3 cm³/mol. The van der Waals surface area contributed by atoms with E-state index in [2.05, 4.69) is 9.80 Å². The van der Waals surface area contributed by atoms with Crippen LogP contribution in [0.5, 0.6) is 0 Å². The molecule has 2 aliphatic rings. The number of nitrogen functional groups attached to an aromatic ring is 1. The van der Waals surface area contributed by atoms with Gasteiger partial charge < -0.3 is 5.73 Å². The Hall–Kier alpha value is -1.46. The van der Waals surface area contributed by atoms with Gasteiger partial charge in [0.1, 0.15) is 11.7 Å². The average molecular weight is 276 g/mol. The summed E-state index contributed by atoms with van der Waals surface area (Å²) in [6, 6.07) is 5.24. The van der Waals surface area contributed by atoms with Gasteiger partial charge in [0.15, 0.2) is 0 Å². The van der Waals surface area contributed by atoms with E-state index in [-0.39, 0.29) is 11.7 Å². The van der Waals surface area contributed by atoms with Crippen molar-refractivity contribution >= 4 is 5.84 Å². The van der Waals surface area contributed by atoms with Gasteiger partial charge in [-0.2, -0.15) is 0 Å². The third-order valence-electron chi connectivity index (χ3n) is 4.43. The van der Waals surface area contributed by atoms with Crippen molar-refractivity contribution in [3.05, 3.63) is 35.1 Å². The molecule has 0 aromatic heterocycles. The van der Waals surface area contributed by atoms with Crippen LogP contribution in [0.15, 0.2) is 18.2 Å². The minimum Gasteiger partial charge on any atom is -0.384 e. The van der Waals surface area contributed by atoms with Gasteiger partial charge in [0.2, 0.25) is 0 Å². The Morgan fingerprint density at radius 3 is 3.00 bits per heavy atom. The lowest BCUT2D eigenvalue weighted by Crippen LogP contribution is -2.49. The highest BCUT2D eigenvalue weighted by Crippen LogP contribution is 2.23. The average Bonchev–Trinajstić information content (AvgIpc) is 2.88. The Morgan fingerprint density at radius 1 is 1.35 bits per heavy atom. The summed E-state index contributed by atoms with van der Waals surface area (Å²) >= 11 is 0. The van der Waals surface area contributed by atoms with Crippen molar-refractivity contribution in [2.75, 3.05) is 26.2 Å². The summed E-state index contributed by atoms with van der Waals surface area (Å²) in [5.41, 5.74) is 7.04. The lowest BCUT2D eigenvalue weighted by Gasteiger charge is -2.37. The molecular formula is C15H21FN4. The molecule has 0 amide bonds. The van der Waals surface area contributed by atoms with Gasteiger partial charge in [0.05, 0.1) is 0 Å². The molecule has 20 heavy (non-hydrogen) atoms. The zero-order valence-electron chi connectivity index (χ0n) is 11.6. The molecule has 0 spiro atoms. The second kappa shape index (κ2) is 5.50. The molecule has 2 saturated heterocycles. The van der Waals surface area contributed by atoms with Gasteiger partial charge in [-0.1, -0.05) is 6.07 Å². The van der Waals surface area contributed by atoms with Crippen molar-refractivity contribution in [3.8, 4) is 0 Å². The van der Waals surface area contributed by atoms with E-state index in [1.54, 1.807) is 6.07 Å². The molecule has 4 nitrogen and oxygen atoms in total. The van der Waals surface area contributed by atoms with Gasteiger partial charge in [-0.05, 0) is 37.1 Å². The van der Waals surface area contributed by atoms with E-state index in [0.29, 0.717) is 11.6 Å². The van der Waals surface area contributed by atoms with E-state index in [1.807, 2.05) is 0 Å². The summed E-state index contributed by atoms with van der Waals surface area (Å²) in [7, 11) is 0. The standard InChI is InChI=1S/C15H21FN4/c16-12-4-3-11(14(8-12)15(17)18)9-19-6-7-20-5-1-2-13(20)10-19/h3-4,8,13H,1-2,5-7,9-10H2,(H3,17,18). The summed E-state index contributed by atoms with van der Waals surface area (Å²) in [6.45, 7) is 5.19. The highest BCUT2D eigenvalue weighted by molar-refractivity contribution is 5.96. The summed E-state index contributed by atoms with van der Waals surface area (Å²) in [5.74, 6) is -0.390. The fourth-order valence-electron chi connectivity index (χ4n) is 3.38. The Labute approximate surface area is 118 Å². The van der Waals surface area contributed by atoms with Crippen LogP contribution in [0.2, 0.25) is 0 Å². The molecule has 1 unspecified atom stereocenters. The molecule has 3 rings (SSSR count). The summed E-state index contributed by atoms with van der Waals surface area (Å²) < 4.78 is 13.3. The van der Waals surface area contributed by atoms with E-state index in [9.17, 15) is 4.39 Å². The first-order valence-corrected chi connectivity index (χ1v) is 7.23. The van der Waals surface area contributed by atoms with Crippen LogP contribution in [0, 0.1) is 11.2 Å². The van der Waals surface area contributed by atoms with Crippen LogP contribution in [0.3, 0.4) is 0 Å². The quantitative estimate of drug-likeness (QED) is 0.648. The lowest BCUT2D eigenvalue weighted by atomic mass is 10.0. The summed E-state index contributed by atoms with van der Waals surface area (Å²) in [5, 5.41) is 7.59. The van der Waals surface area contributed by atoms with E-state index < -0.39 is 0 Å². The van der Waals surface area contributed by atoms with E-state index in [0.717, 1.165) is 31.7 Å². The number of benzene rings is 1. The van der Waals surface area contributed by atoms with E-state index in [4.69, 9.17) is 11.1 Å². The number of hydrogen-bond acceptors (Lipinski definition) is 3. The van der Waals surface area contributed by atoms with Gasteiger partial charge in [0, 0.05) is 37.8 Å². The van der Waals surface area contributed by atoms with Gasteiger partial charge in [-0.25, -0.2) is 4.39 Å². The van der Waals surface area contributed by atoms with Gasteiger partial charge in [-0.15, -0.1) is 0 Å².